The van der Waals surface area contributed by atoms with Gasteiger partial charge in [-0.2, -0.15) is 0 Å². The van der Waals surface area contributed by atoms with E-state index in [2.05, 4.69) is 32.9 Å². The van der Waals surface area contributed by atoms with Crippen molar-refractivity contribution in [1.82, 2.24) is 0 Å². The van der Waals surface area contributed by atoms with E-state index in [0.29, 0.717) is 24.0 Å². The number of methoxy groups -OCH3 is 3. The predicted octanol–water partition coefficient (Wildman–Crippen LogP) is 6.38. The van der Waals surface area contributed by atoms with Crippen LogP contribution in [0.4, 0.5) is 0 Å². The van der Waals surface area contributed by atoms with Crippen LogP contribution in [0, 0.1) is 18.9 Å². The largest absolute Gasteiger partial charge is 0.496 e. The maximum Gasteiger partial charge on any atom is 0.128 e. The van der Waals surface area contributed by atoms with E-state index in [1.54, 1.807) is 21.3 Å². The highest BCUT2D eigenvalue weighted by atomic mass is 16.5. The third-order valence-corrected chi connectivity index (χ3v) is 5.65. The van der Waals surface area contributed by atoms with Gasteiger partial charge in [0.2, 0.25) is 0 Å². The lowest BCUT2D eigenvalue weighted by Crippen LogP contribution is -2.29. The molecule has 0 saturated heterocycles. The Morgan fingerprint density at radius 1 is 0.824 bits per heavy atom. The fourth-order valence-electron chi connectivity index (χ4n) is 3.90. The molecule has 2 N–H and O–H groups in total. The van der Waals surface area contributed by atoms with Crippen LogP contribution >= 0.6 is 0 Å². The minimum absolute atomic E-state index is 0.357. The number of nitrogens with two attached hydrogens (primary N) is 1. The molecule has 5 nitrogen and oxygen atoms in total. The molecule has 0 amide bonds. The number of hydrogen-bond acceptors (Lipinski definition) is 5. The molecule has 0 spiro atoms. The van der Waals surface area contributed by atoms with Crippen molar-refractivity contribution in [2.24, 2.45) is 11.7 Å². The van der Waals surface area contributed by atoms with Crippen molar-refractivity contribution in [3.63, 3.8) is 0 Å². The SMILES string of the molecule is COc1[c]cc(C(C)(C)N)c(-c2cc(OC)c(-c3cc(C)ccc3OC)cc2OCC(C)C)c1. The van der Waals surface area contributed by atoms with Gasteiger partial charge < -0.3 is 24.7 Å². The van der Waals surface area contributed by atoms with Crippen molar-refractivity contribution in [2.45, 2.75) is 40.2 Å². The number of benzene rings is 3. The second-order valence-corrected chi connectivity index (χ2v) is 9.51. The smallest absolute Gasteiger partial charge is 0.128 e. The maximum absolute atomic E-state index is 6.56. The minimum Gasteiger partial charge on any atom is -0.496 e. The van der Waals surface area contributed by atoms with Crippen LogP contribution in [0.5, 0.6) is 23.0 Å². The van der Waals surface area contributed by atoms with E-state index in [1.807, 2.05) is 50.2 Å². The van der Waals surface area contributed by atoms with E-state index in [1.165, 1.54) is 0 Å². The van der Waals surface area contributed by atoms with Gasteiger partial charge in [-0.15, -0.1) is 0 Å². The molecule has 0 saturated carbocycles. The maximum atomic E-state index is 6.56. The fraction of sp³-hybridized carbons (Fsp3) is 0.379. The molecule has 0 aliphatic rings. The van der Waals surface area contributed by atoms with Crippen LogP contribution in [0.15, 0.2) is 42.5 Å². The zero-order valence-electron chi connectivity index (χ0n) is 21.5. The molecule has 34 heavy (non-hydrogen) atoms. The van der Waals surface area contributed by atoms with Crippen LogP contribution in [-0.2, 0) is 5.54 Å². The van der Waals surface area contributed by atoms with Crippen LogP contribution in [0.3, 0.4) is 0 Å². The molecular weight excluding hydrogens is 426 g/mol. The summed E-state index contributed by atoms with van der Waals surface area (Å²) < 4.78 is 23.4. The molecule has 0 fully saturated rings. The van der Waals surface area contributed by atoms with Crippen LogP contribution in [-0.4, -0.2) is 27.9 Å². The summed E-state index contributed by atoms with van der Waals surface area (Å²) in [6.45, 7) is 10.8. The molecular formula is C29H36NO4. The molecule has 0 heterocycles. The van der Waals surface area contributed by atoms with E-state index < -0.39 is 5.54 Å². The van der Waals surface area contributed by atoms with Gasteiger partial charge in [0.1, 0.15) is 23.0 Å². The Labute approximate surface area is 203 Å². The standard InChI is InChI=1S/C29H36NO4/c1-18(2)17-34-28-16-24(22-13-19(3)9-12-26(22)32-7)27(33-8)15-23(28)21-14-20(31-6)10-11-25(21)29(4,5)30/h9,11-16,18H,17,30H2,1-8H3. The number of hydrogen-bond donors (Lipinski definition) is 1. The first-order chi connectivity index (χ1) is 16.1. The summed E-state index contributed by atoms with van der Waals surface area (Å²) in [5, 5.41) is 0. The van der Waals surface area contributed by atoms with Crippen LogP contribution < -0.4 is 24.7 Å². The summed E-state index contributed by atoms with van der Waals surface area (Å²) in [7, 11) is 4.98. The predicted molar refractivity (Wildman–Crippen MR) is 138 cm³/mol. The lowest BCUT2D eigenvalue weighted by atomic mass is 9.86. The van der Waals surface area contributed by atoms with E-state index in [9.17, 15) is 0 Å². The van der Waals surface area contributed by atoms with Crippen molar-refractivity contribution in [3.05, 3.63) is 59.7 Å². The highest BCUT2D eigenvalue weighted by Crippen LogP contribution is 2.46. The first-order valence-electron chi connectivity index (χ1n) is 11.5. The summed E-state index contributed by atoms with van der Waals surface area (Å²) in [4.78, 5) is 0. The molecule has 5 heteroatoms. The van der Waals surface area contributed by atoms with Gasteiger partial charge in [-0.3, -0.25) is 0 Å². The van der Waals surface area contributed by atoms with E-state index in [0.717, 1.165) is 44.9 Å². The Morgan fingerprint density at radius 3 is 2.03 bits per heavy atom. The average Bonchev–Trinajstić information content (AvgIpc) is 2.81. The minimum atomic E-state index is -0.598. The zero-order valence-corrected chi connectivity index (χ0v) is 21.5. The lowest BCUT2D eigenvalue weighted by molar-refractivity contribution is 0.272. The topological polar surface area (TPSA) is 62.9 Å². The molecule has 1 radical (unpaired) electrons. The second kappa shape index (κ2) is 10.4. The van der Waals surface area contributed by atoms with E-state index >= 15 is 0 Å². The molecule has 0 aromatic heterocycles. The van der Waals surface area contributed by atoms with Gasteiger partial charge in [0.05, 0.1) is 27.9 Å². The van der Waals surface area contributed by atoms with Crippen molar-refractivity contribution >= 4 is 0 Å². The molecule has 0 atom stereocenters. The fourth-order valence-corrected chi connectivity index (χ4v) is 3.90. The Balaban J connectivity index is 2.35. The summed E-state index contributed by atoms with van der Waals surface area (Å²) in [5.74, 6) is 3.21. The third-order valence-electron chi connectivity index (χ3n) is 5.65. The number of aryl methyl sites for hydroxylation is 1. The summed E-state index contributed by atoms with van der Waals surface area (Å²) in [6.07, 6.45) is 0. The van der Waals surface area contributed by atoms with Crippen molar-refractivity contribution in [1.29, 1.82) is 0 Å². The molecule has 0 aliphatic carbocycles. The van der Waals surface area contributed by atoms with E-state index in [4.69, 9.17) is 24.7 Å². The van der Waals surface area contributed by atoms with Gasteiger partial charge in [0.25, 0.3) is 0 Å². The Morgan fingerprint density at radius 2 is 1.44 bits per heavy atom. The molecule has 0 aliphatic heterocycles. The van der Waals surface area contributed by atoms with Crippen LogP contribution in [0.25, 0.3) is 22.3 Å². The summed E-state index contributed by atoms with van der Waals surface area (Å²) >= 11 is 0. The Bertz CT molecular complexity index is 1150. The molecule has 3 aromatic carbocycles. The van der Waals surface area contributed by atoms with Crippen molar-refractivity contribution in [2.75, 3.05) is 27.9 Å². The number of ether oxygens (including phenoxy) is 4. The highest BCUT2D eigenvalue weighted by Gasteiger charge is 2.24. The van der Waals surface area contributed by atoms with Crippen molar-refractivity contribution < 1.29 is 18.9 Å². The monoisotopic (exact) mass is 462 g/mol. The van der Waals surface area contributed by atoms with Gasteiger partial charge in [-0.1, -0.05) is 25.5 Å². The number of rotatable bonds is 9. The zero-order chi connectivity index (χ0) is 25.0. The first-order valence-corrected chi connectivity index (χ1v) is 11.5. The molecule has 3 aromatic rings. The van der Waals surface area contributed by atoms with Crippen molar-refractivity contribution in [3.8, 4) is 45.3 Å². The van der Waals surface area contributed by atoms with Gasteiger partial charge >= 0.3 is 0 Å². The quantitative estimate of drug-likeness (QED) is 0.400. The molecule has 181 valence electrons. The van der Waals surface area contributed by atoms with Gasteiger partial charge in [0, 0.05) is 28.3 Å². The van der Waals surface area contributed by atoms with Gasteiger partial charge in [-0.25, -0.2) is 0 Å². The van der Waals surface area contributed by atoms with Gasteiger partial charge in [0.15, 0.2) is 0 Å². The second-order valence-electron chi connectivity index (χ2n) is 9.51. The Hall–Kier alpha value is -3.18. The normalized spacial score (nSPS) is 11.5. The molecule has 0 unspecified atom stereocenters. The lowest BCUT2D eigenvalue weighted by Gasteiger charge is -2.26. The molecule has 3 rings (SSSR count). The highest BCUT2D eigenvalue weighted by molar-refractivity contribution is 5.85. The van der Waals surface area contributed by atoms with Crippen LogP contribution in [0.2, 0.25) is 0 Å². The van der Waals surface area contributed by atoms with E-state index in [-0.39, 0.29) is 0 Å². The first kappa shape index (κ1) is 25.4. The Kier molecular flexibility index (Phi) is 7.78. The summed E-state index contributed by atoms with van der Waals surface area (Å²) in [5.41, 5.74) is 11.7. The third kappa shape index (κ3) is 5.48. The van der Waals surface area contributed by atoms with Crippen LogP contribution in [0.1, 0.15) is 38.8 Å². The van der Waals surface area contributed by atoms with Gasteiger partial charge in [-0.05, 0) is 74.2 Å². The summed E-state index contributed by atoms with van der Waals surface area (Å²) in [6, 6.07) is 17.2. The molecule has 0 bridgehead atoms. The average molecular weight is 463 g/mol.